The monoisotopic (exact) mass is 443 g/mol. The number of halogens is 4. The van der Waals surface area contributed by atoms with Crippen molar-refractivity contribution in [1.29, 1.82) is 0 Å². The van der Waals surface area contributed by atoms with E-state index in [9.17, 15) is 27.9 Å². The highest BCUT2D eigenvalue weighted by Crippen LogP contribution is 2.41. The lowest BCUT2D eigenvalue weighted by atomic mass is 9.93. The van der Waals surface area contributed by atoms with E-state index in [1.165, 1.54) is 17.2 Å². The van der Waals surface area contributed by atoms with E-state index in [2.05, 4.69) is 0 Å². The van der Waals surface area contributed by atoms with Crippen molar-refractivity contribution in [2.24, 2.45) is 0 Å². The largest absolute Gasteiger partial charge is 0.477 e. The van der Waals surface area contributed by atoms with Crippen LogP contribution in [0, 0.1) is 0 Å². The van der Waals surface area contributed by atoms with Crippen LogP contribution in [0.5, 0.6) is 0 Å². The van der Waals surface area contributed by atoms with Gasteiger partial charge in [-0.25, -0.2) is 4.79 Å². The van der Waals surface area contributed by atoms with Gasteiger partial charge in [-0.3, -0.25) is 9.69 Å². The molecule has 2 aliphatic rings. The number of nitrogens with zero attached hydrogens (tertiary/aromatic N) is 3. The number of benzene rings is 1. The summed E-state index contributed by atoms with van der Waals surface area (Å²) in [6, 6.07) is 1.51. The molecule has 0 spiro atoms. The molecule has 4 rings (SSSR count). The maximum atomic E-state index is 12.8. The van der Waals surface area contributed by atoms with E-state index in [-0.39, 0.29) is 30.1 Å². The molecule has 0 aliphatic carbocycles. The molecule has 1 aromatic carbocycles. The van der Waals surface area contributed by atoms with E-state index in [1.54, 1.807) is 0 Å². The van der Waals surface area contributed by atoms with Crippen LogP contribution in [0.1, 0.15) is 35.3 Å². The molecule has 1 saturated heterocycles. The number of aromatic carboxylic acids is 1. The zero-order valence-corrected chi connectivity index (χ0v) is 17.1. The predicted octanol–water partition coefficient (Wildman–Crippen LogP) is 3.54. The van der Waals surface area contributed by atoms with Gasteiger partial charge in [-0.05, 0) is 25.8 Å². The maximum absolute atomic E-state index is 12.8. The van der Waals surface area contributed by atoms with Crippen molar-refractivity contribution >= 4 is 34.2 Å². The minimum Gasteiger partial charge on any atom is -0.477 e. The number of carbonyl (C=O) groups is 1. The lowest BCUT2D eigenvalue weighted by Crippen LogP contribution is -2.49. The summed E-state index contributed by atoms with van der Waals surface area (Å²) in [4.78, 5) is 27.6. The molecule has 30 heavy (non-hydrogen) atoms. The second-order valence-corrected chi connectivity index (χ2v) is 8.34. The highest BCUT2D eigenvalue weighted by Gasteiger charge is 2.34. The Labute approximate surface area is 175 Å². The Morgan fingerprint density at radius 2 is 1.93 bits per heavy atom. The fraction of sp³-hybridized carbons (Fsp3) is 0.500. The fourth-order valence-corrected chi connectivity index (χ4v) is 4.85. The molecule has 1 fully saturated rings. The first-order valence-corrected chi connectivity index (χ1v) is 10.1. The first kappa shape index (κ1) is 21.0. The molecule has 162 valence electrons. The van der Waals surface area contributed by atoms with Gasteiger partial charge < -0.3 is 14.6 Å². The van der Waals surface area contributed by atoms with Crippen LogP contribution >= 0.6 is 11.6 Å². The minimum absolute atomic E-state index is 0.0105. The average Bonchev–Trinajstić information content (AvgIpc) is 2.65. The van der Waals surface area contributed by atoms with E-state index in [1.807, 2.05) is 16.4 Å². The van der Waals surface area contributed by atoms with Gasteiger partial charge in [-0.2, -0.15) is 13.2 Å². The molecule has 0 radical (unpaired) electrons. The first-order valence-electron chi connectivity index (χ1n) is 9.74. The quantitative estimate of drug-likeness (QED) is 0.786. The normalized spacial score (nSPS) is 20.0. The third-order valence-corrected chi connectivity index (χ3v) is 6.24. The van der Waals surface area contributed by atoms with Crippen molar-refractivity contribution in [3.05, 3.63) is 38.6 Å². The molecule has 0 amide bonds. The Morgan fingerprint density at radius 3 is 2.53 bits per heavy atom. The van der Waals surface area contributed by atoms with Gasteiger partial charge in [0.05, 0.1) is 22.8 Å². The number of pyridine rings is 1. The smallest absolute Gasteiger partial charge is 0.401 e. The molecule has 2 aliphatic heterocycles. The summed E-state index contributed by atoms with van der Waals surface area (Å²) in [5.74, 6) is -1.29. The van der Waals surface area contributed by atoms with Crippen LogP contribution in [0.2, 0.25) is 5.02 Å². The van der Waals surface area contributed by atoms with Gasteiger partial charge in [0.1, 0.15) is 5.56 Å². The molecule has 10 heteroatoms. The number of aromatic nitrogens is 1. The highest BCUT2D eigenvalue weighted by atomic mass is 35.5. The standard InChI is InChI=1S/C20H21ClF3N3O3/c1-11-2-3-12-16-13(18(28)14(19(29)30)9-27(11)16)8-15(21)17(12)26-6-4-25(5-7-26)10-20(22,23)24/h8-9,11H,2-7,10H2,1H3,(H,29,30). The summed E-state index contributed by atoms with van der Waals surface area (Å²) in [7, 11) is 0. The number of aryl methyl sites for hydroxylation is 1. The van der Waals surface area contributed by atoms with E-state index in [0.29, 0.717) is 30.0 Å². The van der Waals surface area contributed by atoms with Crippen LogP contribution in [-0.4, -0.2) is 59.4 Å². The predicted molar refractivity (Wildman–Crippen MR) is 108 cm³/mol. The zero-order chi connectivity index (χ0) is 21.8. The topological polar surface area (TPSA) is 65.8 Å². The van der Waals surface area contributed by atoms with Crippen LogP contribution in [0.25, 0.3) is 10.9 Å². The van der Waals surface area contributed by atoms with Crippen molar-refractivity contribution < 1.29 is 23.1 Å². The summed E-state index contributed by atoms with van der Waals surface area (Å²) in [5.41, 5.74) is 1.38. The summed E-state index contributed by atoms with van der Waals surface area (Å²) in [6.45, 7) is 2.32. The fourth-order valence-electron chi connectivity index (χ4n) is 4.51. The first-order chi connectivity index (χ1) is 14.1. The Morgan fingerprint density at radius 1 is 1.27 bits per heavy atom. The van der Waals surface area contributed by atoms with Gasteiger partial charge in [0.2, 0.25) is 5.43 Å². The Hall–Kier alpha value is -2.26. The summed E-state index contributed by atoms with van der Waals surface area (Å²) < 4.78 is 39.9. The van der Waals surface area contributed by atoms with Crippen molar-refractivity contribution in [3.63, 3.8) is 0 Å². The molecular weight excluding hydrogens is 423 g/mol. The summed E-state index contributed by atoms with van der Waals surface area (Å²) >= 11 is 6.55. The van der Waals surface area contributed by atoms with Crippen molar-refractivity contribution in [1.82, 2.24) is 9.47 Å². The molecule has 3 heterocycles. The zero-order valence-electron chi connectivity index (χ0n) is 16.3. The number of hydrogen-bond donors (Lipinski definition) is 1. The molecule has 1 aromatic heterocycles. The van der Waals surface area contributed by atoms with E-state index >= 15 is 0 Å². The lowest BCUT2D eigenvalue weighted by molar-refractivity contribution is -0.146. The number of hydrogen-bond acceptors (Lipinski definition) is 4. The van der Waals surface area contributed by atoms with Gasteiger partial charge >= 0.3 is 12.1 Å². The van der Waals surface area contributed by atoms with Crippen molar-refractivity contribution in [3.8, 4) is 0 Å². The summed E-state index contributed by atoms with van der Waals surface area (Å²) in [6.07, 6.45) is -1.45. The highest BCUT2D eigenvalue weighted by molar-refractivity contribution is 6.34. The number of alkyl halides is 3. The molecule has 1 N–H and O–H groups in total. The third kappa shape index (κ3) is 3.65. The van der Waals surface area contributed by atoms with Crippen LogP contribution in [-0.2, 0) is 6.42 Å². The van der Waals surface area contributed by atoms with Crippen LogP contribution in [0.4, 0.5) is 18.9 Å². The summed E-state index contributed by atoms with van der Waals surface area (Å²) in [5, 5.41) is 10.00. The number of carboxylic acids is 1. The second kappa shape index (κ2) is 7.46. The molecule has 0 bridgehead atoms. The maximum Gasteiger partial charge on any atom is 0.401 e. The number of carboxylic acid groups (broad SMARTS) is 1. The SMILES string of the molecule is CC1CCc2c(N3CCN(CC(F)(F)F)CC3)c(Cl)cc3c(=O)c(C(=O)O)cn1c23. The van der Waals surface area contributed by atoms with Crippen LogP contribution < -0.4 is 10.3 Å². The molecule has 0 saturated carbocycles. The van der Waals surface area contributed by atoms with Crippen LogP contribution in [0.3, 0.4) is 0 Å². The van der Waals surface area contributed by atoms with Gasteiger partial charge in [0.25, 0.3) is 0 Å². The van der Waals surface area contributed by atoms with Crippen molar-refractivity contribution in [2.45, 2.75) is 32.0 Å². The van der Waals surface area contributed by atoms with Gasteiger partial charge in [-0.15, -0.1) is 0 Å². The average molecular weight is 444 g/mol. The molecule has 6 nitrogen and oxygen atoms in total. The van der Waals surface area contributed by atoms with Gasteiger partial charge in [0, 0.05) is 49.4 Å². The van der Waals surface area contributed by atoms with E-state index in [0.717, 1.165) is 17.7 Å². The number of anilines is 1. The minimum atomic E-state index is -4.23. The number of rotatable bonds is 3. The van der Waals surface area contributed by atoms with Gasteiger partial charge in [0.15, 0.2) is 0 Å². The number of piperazine rings is 1. The Balaban J connectivity index is 1.78. The molecular formula is C20H21ClF3N3O3. The second-order valence-electron chi connectivity index (χ2n) is 7.93. The van der Waals surface area contributed by atoms with Gasteiger partial charge in [-0.1, -0.05) is 11.6 Å². The van der Waals surface area contributed by atoms with E-state index in [4.69, 9.17) is 11.6 Å². The lowest BCUT2D eigenvalue weighted by Gasteiger charge is -2.39. The Kier molecular flexibility index (Phi) is 5.22. The Bertz CT molecular complexity index is 1080. The molecule has 1 unspecified atom stereocenters. The third-order valence-electron chi connectivity index (χ3n) is 5.95. The molecule has 1 atom stereocenters. The van der Waals surface area contributed by atoms with Crippen molar-refractivity contribution in [2.75, 3.05) is 37.6 Å². The molecule has 2 aromatic rings. The van der Waals surface area contributed by atoms with E-state index < -0.39 is 24.1 Å². The van der Waals surface area contributed by atoms with Crippen LogP contribution in [0.15, 0.2) is 17.1 Å².